The second-order valence-corrected chi connectivity index (χ2v) is 11.2. The lowest BCUT2D eigenvalue weighted by molar-refractivity contribution is 0.961. The van der Waals surface area contributed by atoms with Crippen molar-refractivity contribution in [1.82, 2.24) is 18.9 Å². The van der Waals surface area contributed by atoms with Gasteiger partial charge in [-0.1, -0.05) is 121 Å². The molecule has 0 radical (unpaired) electrons. The molecule has 0 bridgehead atoms. The molecule has 0 spiro atoms. The van der Waals surface area contributed by atoms with Gasteiger partial charge >= 0.3 is 6.98 Å². The molecular formula is C38H26BN5. The third-order valence-corrected chi connectivity index (χ3v) is 8.57. The van der Waals surface area contributed by atoms with Gasteiger partial charge in [-0.05, 0) is 64.1 Å². The highest BCUT2D eigenvalue weighted by Gasteiger charge is 2.40. The van der Waals surface area contributed by atoms with E-state index in [4.69, 9.17) is 9.97 Å². The summed E-state index contributed by atoms with van der Waals surface area (Å²) in [4.78, 5) is 12.7. The highest BCUT2D eigenvalue weighted by molar-refractivity contribution is 6.73. The molecular weight excluding hydrogens is 537 g/mol. The van der Waals surface area contributed by atoms with Gasteiger partial charge in [-0.3, -0.25) is 4.90 Å². The lowest BCUT2D eigenvalue weighted by Crippen LogP contribution is -2.50. The quantitative estimate of drug-likeness (QED) is 0.202. The van der Waals surface area contributed by atoms with E-state index in [2.05, 4.69) is 172 Å². The van der Waals surface area contributed by atoms with Crippen molar-refractivity contribution in [2.24, 2.45) is 0 Å². The number of benzene rings is 6. The summed E-state index contributed by atoms with van der Waals surface area (Å²) in [5.41, 5.74) is 10.9. The highest BCUT2D eigenvalue weighted by atomic mass is 15.4. The van der Waals surface area contributed by atoms with E-state index in [1.165, 1.54) is 16.7 Å². The second kappa shape index (κ2) is 9.85. The summed E-state index contributed by atoms with van der Waals surface area (Å²) in [7, 11) is 0. The predicted octanol–water partition coefficient (Wildman–Crippen LogP) is 8.30. The smallest absolute Gasteiger partial charge is 0.329 e. The van der Waals surface area contributed by atoms with Crippen molar-refractivity contribution in [3.05, 3.63) is 158 Å². The molecule has 0 N–H and O–H groups in total. The molecule has 0 saturated carbocycles. The van der Waals surface area contributed by atoms with Crippen LogP contribution < -0.4 is 10.4 Å². The molecule has 6 heteroatoms. The molecule has 206 valence electrons. The third kappa shape index (κ3) is 3.81. The van der Waals surface area contributed by atoms with Gasteiger partial charge in [0.25, 0.3) is 0 Å². The van der Waals surface area contributed by atoms with Gasteiger partial charge in [0.2, 0.25) is 11.9 Å². The zero-order chi connectivity index (χ0) is 29.0. The summed E-state index contributed by atoms with van der Waals surface area (Å²) in [5, 5.41) is 0. The minimum absolute atomic E-state index is 0.182. The Bertz CT molecular complexity index is 2210. The van der Waals surface area contributed by atoms with Crippen LogP contribution >= 0.6 is 0 Å². The van der Waals surface area contributed by atoms with E-state index in [9.17, 15) is 0 Å². The van der Waals surface area contributed by atoms with E-state index in [1.807, 2.05) is 0 Å². The van der Waals surface area contributed by atoms with Gasteiger partial charge in [-0.2, -0.15) is 0 Å². The number of fused-ring (bicyclic) bond motifs is 6. The molecule has 1 aliphatic heterocycles. The van der Waals surface area contributed by atoms with Crippen LogP contribution in [0.1, 0.15) is 0 Å². The molecule has 0 amide bonds. The summed E-state index contributed by atoms with van der Waals surface area (Å²) in [6, 6.07) is 55.4. The lowest BCUT2D eigenvalue weighted by Gasteiger charge is -2.34. The maximum absolute atomic E-state index is 5.26. The summed E-state index contributed by atoms with van der Waals surface area (Å²) >= 11 is 0. The van der Waals surface area contributed by atoms with Gasteiger partial charge in [-0.15, -0.1) is 0 Å². The van der Waals surface area contributed by atoms with Crippen LogP contribution in [0.5, 0.6) is 0 Å². The van der Waals surface area contributed by atoms with Crippen LogP contribution in [0, 0.1) is 0 Å². The topological polar surface area (TPSA) is 38.9 Å². The van der Waals surface area contributed by atoms with Gasteiger partial charge < -0.3 is 8.96 Å². The molecule has 0 saturated heterocycles. The molecule has 6 aromatic carbocycles. The molecule has 1 aliphatic rings. The molecule has 9 rings (SSSR count). The van der Waals surface area contributed by atoms with Crippen LogP contribution in [0.15, 0.2) is 158 Å². The Hall–Kier alpha value is -5.88. The van der Waals surface area contributed by atoms with Gasteiger partial charge in [-0.25, -0.2) is 9.97 Å². The van der Waals surface area contributed by atoms with E-state index in [1.54, 1.807) is 0 Å². The average molecular weight is 563 g/mol. The Balaban J connectivity index is 1.30. The van der Waals surface area contributed by atoms with Crippen molar-refractivity contribution >= 4 is 52.1 Å². The number of nitrogens with zero attached hydrogens (tertiary/aromatic N) is 5. The molecule has 2 aromatic heterocycles. The van der Waals surface area contributed by atoms with Crippen molar-refractivity contribution in [2.45, 2.75) is 0 Å². The SMILES string of the molecule is c1ccc(-c2ccc(B3n4c(nc5ccccc54)N(c4cccc(-c5ccccc5)c4)c4nc5ccccc5n43)cc2)cc1. The first-order valence-electron chi connectivity index (χ1n) is 14.9. The Kier molecular flexibility index (Phi) is 5.53. The predicted molar refractivity (Wildman–Crippen MR) is 181 cm³/mol. The number of imidazole rings is 2. The molecule has 3 heterocycles. The number of anilines is 3. The number of hydrogen-bond acceptors (Lipinski definition) is 3. The molecule has 0 unspecified atom stereocenters. The van der Waals surface area contributed by atoms with Crippen molar-refractivity contribution in [3.8, 4) is 22.3 Å². The number of para-hydroxylation sites is 4. The first-order valence-corrected chi connectivity index (χ1v) is 14.9. The largest absolute Gasteiger partial charge is 0.425 e. The lowest BCUT2D eigenvalue weighted by atomic mass is 9.66. The summed E-state index contributed by atoms with van der Waals surface area (Å²) < 4.78 is 4.73. The van der Waals surface area contributed by atoms with E-state index in [-0.39, 0.29) is 6.98 Å². The Morgan fingerprint density at radius 1 is 0.409 bits per heavy atom. The highest BCUT2D eigenvalue weighted by Crippen LogP contribution is 2.42. The molecule has 0 fully saturated rings. The fourth-order valence-electron chi connectivity index (χ4n) is 6.53. The van der Waals surface area contributed by atoms with Crippen LogP contribution in [0.3, 0.4) is 0 Å². The van der Waals surface area contributed by atoms with Crippen LogP contribution in [0.25, 0.3) is 44.3 Å². The zero-order valence-corrected chi connectivity index (χ0v) is 23.8. The van der Waals surface area contributed by atoms with E-state index < -0.39 is 0 Å². The molecule has 8 aromatic rings. The van der Waals surface area contributed by atoms with Gasteiger partial charge in [0.1, 0.15) is 0 Å². The van der Waals surface area contributed by atoms with Crippen LogP contribution in [-0.2, 0) is 0 Å². The fourth-order valence-corrected chi connectivity index (χ4v) is 6.53. The summed E-state index contributed by atoms with van der Waals surface area (Å²) in [6.45, 7) is -0.182. The Morgan fingerprint density at radius 2 is 0.886 bits per heavy atom. The van der Waals surface area contributed by atoms with Crippen LogP contribution in [0.4, 0.5) is 17.6 Å². The number of rotatable bonds is 4. The summed E-state index contributed by atoms with van der Waals surface area (Å²) in [6.07, 6.45) is 0. The van der Waals surface area contributed by atoms with Crippen LogP contribution in [0.2, 0.25) is 0 Å². The van der Waals surface area contributed by atoms with E-state index in [0.29, 0.717) is 0 Å². The minimum Gasteiger partial charge on any atom is -0.329 e. The van der Waals surface area contributed by atoms with Crippen molar-refractivity contribution in [3.63, 3.8) is 0 Å². The van der Waals surface area contributed by atoms with Crippen molar-refractivity contribution in [2.75, 3.05) is 4.90 Å². The average Bonchev–Trinajstić information content (AvgIpc) is 3.67. The Labute approximate surface area is 255 Å². The molecule has 5 nitrogen and oxygen atoms in total. The minimum atomic E-state index is -0.182. The summed E-state index contributed by atoms with van der Waals surface area (Å²) in [5.74, 6) is 1.69. The first-order chi connectivity index (χ1) is 21.8. The fraction of sp³-hybridized carbons (Fsp3) is 0. The van der Waals surface area contributed by atoms with Gasteiger partial charge in [0.05, 0.1) is 27.8 Å². The van der Waals surface area contributed by atoms with E-state index >= 15 is 0 Å². The van der Waals surface area contributed by atoms with Gasteiger partial charge in [0, 0.05) is 0 Å². The number of aromatic nitrogens is 4. The van der Waals surface area contributed by atoms with Crippen molar-refractivity contribution < 1.29 is 0 Å². The van der Waals surface area contributed by atoms with Crippen LogP contribution in [-0.4, -0.2) is 25.9 Å². The van der Waals surface area contributed by atoms with Gasteiger partial charge in [0.15, 0.2) is 0 Å². The monoisotopic (exact) mass is 563 g/mol. The third-order valence-electron chi connectivity index (χ3n) is 8.57. The Morgan fingerprint density at radius 3 is 1.48 bits per heavy atom. The molecule has 44 heavy (non-hydrogen) atoms. The number of hydrogen-bond donors (Lipinski definition) is 0. The zero-order valence-electron chi connectivity index (χ0n) is 23.8. The van der Waals surface area contributed by atoms with Crippen molar-refractivity contribution in [1.29, 1.82) is 0 Å². The maximum Gasteiger partial charge on any atom is 0.425 e. The maximum atomic E-state index is 5.26. The molecule has 0 atom stereocenters. The normalized spacial score (nSPS) is 12.5. The second-order valence-electron chi connectivity index (χ2n) is 11.2. The molecule has 0 aliphatic carbocycles. The first kappa shape index (κ1) is 24.7. The standard InChI is InChI=1S/C38H26BN5/c1-3-12-27(13-4-1)29-22-24-31(25-23-29)39-43-35-20-9-7-18-33(35)40-37(43)42(38-41-34-19-8-10-21-36(34)44(38)39)32-17-11-16-30(26-32)28-14-5-2-6-15-28/h1-26H. The van der Waals surface area contributed by atoms with E-state index in [0.717, 1.165) is 50.7 Å².